The van der Waals surface area contributed by atoms with Crippen LogP contribution in [0.2, 0.25) is 0 Å². The summed E-state index contributed by atoms with van der Waals surface area (Å²) < 4.78 is 0. The first-order chi connectivity index (χ1) is 14.0. The van der Waals surface area contributed by atoms with E-state index in [0.717, 1.165) is 25.6 Å². The summed E-state index contributed by atoms with van der Waals surface area (Å²) in [4.78, 5) is 10.2. The molecule has 0 spiro atoms. The summed E-state index contributed by atoms with van der Waals surface area (Å²) in [5, 5.41) is 0. The fraction of sp³-hybridized carbons (Fsp3) is 0.760. The Morgan fingerprint density at radius 3 is 2.03 bits per heavy atom. The van der Waals surface area contributed by atoms with Gasteiger partial charge >= 0.3 is 0 Å². The van der Waals surface area contributed by atoms with Crippen LogP contribution in [-0.4, -0.2) is 80.1 Å². The van der Waals surface area contributed by atoms with Crippen molar-refractivity contribution in [2.24, 2.45) is 5.92 Å². The standard InChI is InChI=1S/C23H40N4.C2H6/c1-5-25-12-10-22(11-13-25)19-24(4)18-21-6-8-23(9-7-21)27-16-14-26(15-17-27)20(2)3;1-2/h6-9,20,22H,5,10-19H2,1-4H3;1-2H3. The summed E-state index contributed by atoms with van der Waals surface area (Å²) in [6, 6.07) is 9.99. The number of nitrogens with zero attached hydrogens (tertiary/aromatic N) is 4. The van der Waals surface area contributed by atoms with Crippen LogP contribution in [0.5, 0.6) is 0 Å². The van der Waals surface area contributed by atoms with Crippen LogP contribution in [0.15, 0.2) is 24.3 Å². The van der Waals surface area contributed by atoms with Gasteiger partial charge in [-0.05, 0) is 77.0 Å². The van der Waals surface area contributed by atoms with Crippen molar-refractivity contribution in [1.82, 2.24) is 14.7 Å². The molecular formula is C25H46N4. The van der Waals surface area contributed by atoms with Gasteiger partial charge in [0.2, 0.25) is 0 Å². The molecule has 2 aliphatic heterocycles. The molecule has 0 saturated carbocycles. The van der Waals surface area contributed by atoms with Gasteiger partial charge in [-0.15, -0.1) is 0 Å². The molecule has 0 unspecified atom stereocenters. The first-order valence-corrected chi connectivity index (χ1v) is 12.0. The van der Waals surface area contributed by atoms with E-state index in [9.17, 15) is 0 Å². The minimum absolute atomic E-state index is 0.666. The third-order valence-corrected chi connectivity index (χ3v) is 6.52. The Morgan fingerprint density at radius 1 is 0.931 bits per heavy atom. The average Bonchev–Trinajstić information content (AvgIpc) is 2.76. The van der Waals surface area contributed by atoms with Crippen LogP contribution < -0.4 is 4.90 Å². The summed E-state index contributed by atoms with van der Waals surface area (Å²) in [6.45, 7) is 21.6. The molecule has 166 valence electrons. The van der Waals surface area contributed by atoms with Gasteiger partial charge in [0.1, 0.15) is 0 Å². The molecule has 0 bridgehead atoms. The zero-order valence-corrected chi connectivity index (χ0v) is 20.0. The number of anilines is 1. The van der Waals surface area contributed by atoms with Crippen LogP contribution in [0.3, 0.4) is 0 Å². The predicted octanol–water partition coefficient (Wildman–Crippen LogP) is 4.41. The highest BCUT2D eigenvalue weighted by atomic mass is 15.3. The molecule has 0 aliphatic carbocycles. The second-order valence-electron chi connectivity index (χ2n) is 8.86. The zero-order valence-electron chi connectivity index (χ0n) is 20.0. The number of rotatable bonds is 7. The Kier molecular flexibility index (Phi) is 10.5. The van der Waals surface area contributed by atoms with Crippen LogP contribution in [0.1, 0.15) is 53.0 Å². The fourth-order valence-electron chi connectivity index (χ4n) is 4.61. The molecule has 1 aromatic carbocycles. The summed E-state index contributed by atoms with van der Waals surface area (Å²) in [5.74, 6) is 0.870. The monoisotopic (exact) mass is 402 g/mol. The molecule has 4 heteroatoms. The smallest absolute Gasteiger partial charge is 0.0367 e. The van der Waals surface area contributed by atoms with E-state index in [1.54, 1.807) is 0 Å². The fourth-order valence-corrected chi connectivity index (χ4v) is 4.61. The van der Waals surface area contributed by atoms with Crippen molar-refractivity contribution in [3.05, 3.63) is 29.8 Å². The van der Waals surface area contributed by atoms with E-state index in [1.165, 1.54) is 63.4 Å². The lowest BCUT2D eigenvalue weighted by Gasteiger charge is -2.38. The van der Waals surface area contributed by atoms with Crippen molar-refractivity contribution in [1.29, 1.82) is 0 Å². The Bertz CT molecular complexity index is 540. The molecule has 29 heavy (non-hydrogen) atoms. The first kappa shape index (κ1) is 24.2. The number of benzene rings is 1. The molecule has 0 atom stereocenters. The van der Waals surface area contributed by atoms with Crippen LogP contribution in [0.25, 0.3) is 0 Å². The number of likely N-dealkylation sites (tertiary alicyclic amines) is 1. The maximum absolute atomic E-state index is 2.58. The highest BCUT2D eigenvalue weighted by Crippen LogP contribution is 2.21. The van der Waals surface area contributed by atoms with Gasteiger partial charge in [0.25, 0.3) is 0 Å². The van der Waals surface area contributed by atoms with Gasteiger partial charge < -0.3 is 14.7 Å². The van der Waals surface area contributed by atoms with Gasteiger partial charge in [0, 0.05) is 51.0 Å². The molecule has 2 fully saturated rings. The van der Waals surface area contributed by atoms with Crippen molar-refractivity contribution < 1.29 is 0 Å². The molecule has 0 aromatic heterocycles. The summed E-state index contributed by atoms with van der Waals surface area (Å²) >= 11 is 0. The molecule has 0 amide bonds. The number of piperazine rings is 1. The third-order valence-electron chi connectivity index (χ3n) is 6.52. The highest BCUT2D eigenvalue weighted by molar-refractivity contribution is 5.48. The topological polar surface area (TPSA) is 13.0 Å². The SMILES string of the molecule is CC.CCN1CCC(CN(C)Cc2ccc(N3CCN(C(C)C)CC3)cc2)CC1. The Morgan fingerprint density at radius 2 is 1.52 bits per heavy atom. The zero-order chi connectivity index (χ0) is 21.2. The number of hydrogen-bond donors (Lipinski definition) is 0. The van der Waals surface area contributed by atoms with E-state index in [-0.39, 0.29) is 0 Å². The van der Waals surface area contributed by atoms with Crippen molar-refractivity contribution in [2.75, 3.05) is 64.3 Å². The normalized spacial score (nSPS) is 19.5. The minimum atomic E-state index is 0.666. The molecular weight excluding hydrogens is 356 g/mol. The first-order valence-electron chi connectivity index (χ1n) is 12.0. The van der Waals surface area contributed by atoms with Gasteiger partial charge in [-0.2, -0.15) is 0 Å². The van der Waals surface area contributed by atoms with E-state index >= 15 is 0 Å². The van der Waals surface area contributed by atoms with E-state index in [4.69, 9.17) is 0 Å². The van der Waals surface area contributed by atoms with Gasteiger partial charge in [-0.3, -0.25) is 4.90 Å². The van der Waals surface area contributed by atoms with Gasteiger partial charge in [0.15, 0.2) is 0 Å². The molecule has 2 aliphatic rings. The Labute approximate surface area is 180 Å². The van der Waals surface area contributed by atoms with Crippen molar-refractivity contribution in [2.45, 2.75) is 60.0 Å². The molecule has 1 aromatic rings. The second-order valence-corrected chi connectivity index (χ2v) is 8.86. The minimum Gasteiger partial charge on any atom is -0.369 e. The molecule has 2 saturated heterocycles. The van der Waals surface area contributed by atoms with E-state index in [1.807, 2.05) is 13.8 Å². The second kappa shape index (κ2) is 12.6. The maximum Gasteiger partial charge on any atom is 0.0367 e. The van der Waals surface area contributed by atoms with Crippen molar-refractivity contribution in [3.63, 3.8) is 0 Å². The van der Waals surface area contributed by atoms with E-state index in [0.29, 0.717) is 6.04 Å². The van der Waals surface area contributed by atoms with Crippen LogP contribution >= 0.6 is 0 Å². The van der Waals surface area contributed by atoms with E-state index in [2.05, 4.69) is 71.7 Å². The molecule has 3 rings (SSSR count). The Hall–Kier alpha value is -1.10. The summed E-state index contributed by atoms with van der Waals surface area (Å²) in [6.07, 6.45) is 2.72. The molecule has 2 heterocycles. The van der Waals surface area contributed by atoms with Crippen molar-refractivity contribution >= 4 is 5.69 Å². The quantitative estimate of drug-likeness (QED) is 0.670. The summed E-state index contributed by atoms with van der Waals surface area (Å²) in [5.41, 5.74) is 2.82. The molecule has 4 nitrogen and oxygen atoms in total. The Balaban J connectivity index is 0.00000145. The lowest BCUT2D eigenvalue weighted by atomic mass is 9.96. The van der Waals surface area contributed by atoms with E-state index < -0.39 is 0 Å². The van der Waals surface area contributed by atoms with Crippen LogP contribution in [-0.2, 0) is 6.54 Å². The molecule has 0 N–H and O–H groups in total. The third kappa shape index (κ3) is 7.58. The van der Waals surface area contributed by atoms with Gasteiger partial charge in [-0.1, -0.05) is 32.9 Å². The largest absolute Gasteiger partial charge is 0.369 e. The van der Waals surface area contributed by atoms with Crippen LogP contribution in [0, 0.1) is 5.92 Å². The highest BCUT2D eigenvalue weighted by Gasteiger charge is 2.20. The number of hydrogen-bond acceptors (Lipinski definition) is 4. The lowest BCUT2D eigenvalue weighted by Crippen LogP contribution is -2.48. The molecule has 0 radical (unpaired) electrons. The van der Waals surface area contributed by atoms with Gasteiger partial charge in [0.05, 0.1) is 0 Å². The number of piperidine rings is 1. The van der Waals surface area contributed by atoms with Gasteiger partial charge in [-0.25, -0.2) is 0 Å². The maximum atomic E-state index is 2.58. The predicted molar refractivity (Wildman–Crippen MR) is 128 cm³/mol. The van der Waals surface area contributed by atoms with Crippen molar-refractivity contribution in [3.8, 4) is 0 Å². The van der Waals surface area contributed by atoms with Crippen LogP contribution in [0.4, 0.5) is 5.69 Å². The lowest BCUT2D eigenvalue weighted by molar-refractivity contribution is 0.157. The summed E-state index contributed by atoms with van der Waals surface area (Å²) in [7, 11) is 2.28. The average molecular weight is 403 g/mol.